The number of unbranched alkanes of at least 4 members (excludes halogenated alkanes) is 1. The molecule has 0 saturated carbocycles. The van der Waals surface area contributed by atoms with Crippen LogP contribution in [0.3, 0.4) is 0 Å². The third kappa shape index (κ3) is 6.44. The fourth-order valence-electron chi connectivity index (χ4n) is 7.14. The Hall–Kier alpha value is -6.15. The zero-order valence-electron chi connectivity index (χ0n) is 29.8. The van der Waals surface area contributed by atoms with Crippen LogP contribution in [-0.4, -0.2) is 43.1 Å². The summed E-state index contributed by atoms with van der Waals surface area (Å²) in [6, 6.07) is 47.6. The lowest BCUT2D eigenvalue weighted by molar-refractivity contribution is 0.0598. The molecule has 0 fully saturated rings. The third-order valence-corrected chi connectivity index (χ3v) is 9.67. The van der Waals surface area contributed by atoms with E-state index in [0.717, 1.165) is 69.7 Å². The molecule has 260 valence electrons. The van der Waals surface area contributed by atoms with Crippen LogP contribution in [0.5, 0.6) is 0 Å². The number of hydrogen-bond donors (Lipinski definition) is 0. The van der Waals surface area contributed by atoms with Crippen LogP contribution in [-0.2, 0) is 29.7 Å². The van der Waals surface area contributed by atoms with Gasteiger partial charge in [-0.25, -0.2) is 4.79 Å². The molecule has 8 nitrogen and oxygen atoms in total. The van der Waals surface area contributed by atoms with E-state index in [1.807, 2.05) is 77.5 Å². The number of methoxy groups -OCH3 is 1. The van der Waals surface area contributed by atoms with Gasteiger partial charge in [-0.05, 0) is 51.4 Å². The molecule has 5 aromatic carbocycles. The lowest BCUT2D eigenvalue weighted by Crippen LogP contribution is -2.39. The number of hydrogen-bond acceptors (Lipinski definition) is 6. The Labute approximate surface area is 304 Å². The molecule has 8 heteroatoms. The SMILES string of the molecule is CCCCn1nc(Cc2ccc(-c3ccccc3-c3nnn(C(c4ccccc4)(c4ccccc4)c4ccccc4)n3)cc2)c(C(=O)OC)c1CC. The van der Waals surface area contributed by atoms with Crippen LogP contribution in [0.25, 0.3) is 22.5 Å². The Kier molecular flexibility index (Phi) is 10.2. The van der Waals surface area contributed by atoms with Crippen molar-refractivity contribution in [2.45, 2.75) is 51.6 Å². The van der Waals surface area contributed by atoms with Gasteiger partial charge >= 0.3 is 5.97 Å². The van der Waals surface area contributed by atoms with Gasteiger partial charge in [0, 0.05) is 18.5 Å². The second-order valence-electron chi connectivity index (χ2n) is 12.8. The lowest BCUT2D eigenvalue weighted by atomic mass is 9.77. The van der Waals surface area contributed by atoms with E-state index in [9.17, 15) is 4.79 Å². The fraction of sp³-hybridized carbons (Fsp3) is 0.205. The van der Waals surface area contributed by atoms with Gasteiger partial charge < -0.3 is 4.74 Å². The second kappa shape index (κ2) is 15.4. The van der Waals surface area contributed by atoms with Crippen LogP contribution in [0.15, 0.2) is 140 Å². The zero-order valence-corrected chi connectivity index (χ0v) is 29.8. The van der Waals surface area contributed by atoms with Crippen LogP contribution in [0.4, 0.5) is 0 Å². The Morgan fingerprint density at radius 3 is 1.79 bits per heavy atom. The monoisotopic (exact) mass is 686 g/mol. The molecular formula is C44H42N6O2. The summed E-state index contributed by atoms with van der Waals surface area (Å²) in [6.07, 6.45) is 3.28. The molecule has 0 N–H and O–H groups in total. The van der Waals surface area contributed by atoms with E-state index in [0.29, 0.717) is 24.2 Å². The van der Waals surface area contributed by atoms with Crippen molar-refractivity contribution in [3.8, 4) is 22.5 Å². The molecule has 0 saturated heterocycles. The van der Waals surface area contributed by atoms with E-state index in [-0.39, 0.29) is 5.97 Å². The first kappa shape index (κ1) is 34.3. The van der Waals surface area contributed by atoms with Crippen molar-refractivity contribution < 1.29 is 9.53 Å². The highest BCUT2D eigenvalue weighted by Gasteiger charge is 2.41. The van der Waals surface area contributed by atoms with Crippen LogP contribution < -0.4 is 0 Å². The molecule has 0 amide bonds. The highest BCUT2D eigenvalue weighted by Crippen LogP contribution is 2.40. The smallest absolute Gasteiger partial charge is 0.341 e. The number of carbonyl (C=O) groups excluding carboxylic acids is 1. The summed E-state index contributed by atoms with van der Waals surface area (Å²) in [5.74, 6) is 0.191. The number of aryl methyl sites for hydroxylation is 1. The van der Waals surface area contributed by atoms with Crippen molar-refractivity contribution in [1.29, 1.82) is 0 Å². The Morgan fingerprint density at radius 1 is 0.692 bits per heavy atom. The molecular weight excluding hydrogens is 645 g/mol. The topological polar surface area (TPSA) is 87.7 Å². The number of nitrogens with zero attached hydrogens (tertiary/aromatic N) is 6. The molecule has 0 aliphatic carbocycles. The largest absolute Gasteiger partial charge is 0.465 e. The molecule has 2 heterocycles. The number of rotatable bonds is 13. The molecule has 0 aliphatic heterocycles. The number of benzene rings is 5. The van der Waals surface area contributed by atoms with Gasteiger partial charge in [0.1, 0.15) is 5.56 Å². The van der Waals surface area contributed by atoms with Crippen molar-refractivity contribution >= 4 is 5.97 Å². The van der Waals surface area contributed by atoms with E-state index < -0.39 is 5.54 Å². The van der Waals surface area contributed by atoms with E-state index >= 15 is 0 Å². The van der Waals surface area contributed by atoms with E-state index in [2.05, 4.69) is 80.6 Å². The molecule has 0 atom stereocenters. The number of ether oxygens (including phenoxy) is 1. The molecule has 0 bridgehead atoms. The maximum atomic E-state index is 12.9. The number of esters is 1. The molecule has 0 spiro atoms. The van der Waals surface area contributed by atoms with Gasteiger partial charge in [0.05, 0.1) is 18.5 Å². The molecule has 0 radical (unpaired) electrons. The number of tetrazole rings is 1. The lowest BCUT2D eigenvalue weighted by Gasteiger charge is -2.34. The summed E-state index contributed by atoms with van der Waals surface area (Å²) in [7, 11) is 1.43. The molecule has 7 aromatic rings. The fourth-order valence-corrected chi connectivity index (χ4v) is 7.14. The first-order chi connectivity index (χ1) is 25.6. The van der Waals surface area contributed by atoms with Gasteiger partial charge in [0.25, 0.3) is 0 Å². The first-order valence-electron chi connectivity index (χ1n) is 17.9. The summed E-state index contributed by atoms with van der Waals surface area (Å²) in [6.45, 7) is 4.99. The van der Waals surface area contributed by atoms with E-state index in [4.69, 9.17) is 25.2 Å². The highest BCUT2D eigenvalue weighted by molar-refractivity contribution is 5.92. The van der Waals surface area contributed by atoms with Crippen molar-refractivity contribution in [3.63, 3.8) is 0 Å². The average molecular weight is 687 g/mol. The minimum atomic E-state index is -0.865. The van der Waals surface area contributed by atoms with E-state index in [1.165, 1.54) is 7.11 Å². The van der Waals surface area contributed by atoms with Crippen molar-refractivity contribution in [3.05, 3.63) is 179 Å². The van der Waals surface area contributed by atoms with Gasteiger partial charge in [0.15, 0.2) is 5.54 Å². The molecule has 0 aliphatic rings. The molecule has 2 aromatic heterocycles. The summed E-state index contributed by atoms with van der Waals surface area (Å²) in [5.41, 5.74) is 8.40. The van der Waals surface area contributed by atoms with Gasteiger partial charge in [-0.15, -0.1) is 15.0 Å². The number of carbonyl (C=O) groups is 1. The Morgan fingerprint density at radius 2 is 1.25 bits per heavy atom. The van der Waals surface area contributed by atoms with Crippen LogP contribution in [0.1, 0.15) is 70.7 Å². The summed E-state index contributed by atoms with van der Waals surface area (Å²) in [5, 5.41) is 19.5. The normalized spacial score (nSPS) is 11.4. The average Bonchev–Trinajstić information content (AvgIpc) is 3.84. The summed E-state index contributed by atoms with van der Waals surface area (Å²) in [4.78, 5) is 14.7. The van der Waals surface area contributed by atoms with Crippen LogP contribution in [0, 0.1) is 0 Å². The number of aromatic nitrogens is 6. The Bertz CT molecular complexity index is 2150. The van der Waals surface area contributed by atoms with Gasteiger partial charge in [0.2, 0.25) is 5.82 Å². The van der Waals surface area contributed by atoms with Crippen LogP contribution >= 0.6 is 0 Å². The van der Waals surface area contributed by atoms with E-state index in [1.54, 1.807) is 4.80 Å². The third-order valence-electron chi connectivity index (χ3n) is 9.67. The summed E-state index contributed by atoms with van der Waals surface area (Å²) < 4.78 is 7.18. The quantitative estimate of drug-likeness (QED) is 0.0891. The zero-order chi connectivity index (χ0) is 35.9. The van der Waals surface area contributed by atoms with Crippen molar-refractivity contribution in [2.75, 3.05) is 7.11 Å². The maximum absolute atomic E-state index is 12.9. The minimum absolute atomic E-state index is 0.337. The highest BCUT2D eigenvalue weighted by atomic mass is 16.5. The maximum Gasteiger partial charge on any atom is 0.341 e. The predicted molar refractivity (Wildman–Crippen MR) is 204 cm³/mol. The van der Waals surface area contributed by atoms with Crippen molar-refractivity contribution in [2.24, 2.45) is 0 Å². The predicted octanol–water partition coefficient (Wildman–Crippen LogP) is 8.78. The molecule has 7 rings (SSSR count). The van der Waals surface area contributed by atoms with Crippen LogP contribution in [0.2, 0.25) is 0 Å². The minimum Gasteiger partial charge on any atom is -0.465 e. The van der Waals surface area contributed by atoms with Gasteiger partial charge in [-0.3, -0.25) is 4.68 Å². The summed E-state index contributed by atoms with van der Waals surface area (Å²) >= 11 is 0. The second-order valence-corrected chi connectivity index (χ2v) is 12.8. The standard InChI is InChI=1S/C44H42N6O2/c1-4-6-30-49-40(5-2)41(43(51)52-3)39(46-49)31-32-26-28-33(29-27-32)37-24-16-17-25-38(37)42-45-48-50(47-42)44(34-18-10-7-11-19-34,35-20-12-8-13-21-35)36-22-14-9-15-23-36/h7-29H,4-6,30-31H2,1-3H3. The van der Waals surface area contributed by atoms with Crippen molar-refractivity contribution in [1.82, 2.24) is 30.0 Å². The molecule has 52 heavy (non-hydrogen) atoms. The van der Waals surface area contributed by atoms with Gasteiger partial charge in [-0.1, -0.05) is 160 Å². The first-order valence-corrected chi connectivity index (χ1v) is 17.9. The van der Waals surface area contributed by atoms with Gasteiger partial charge in [-0.2, -0.15) is 5.10 Å². The molecule has 0 unspecified atom stereocenters. The Balaban J connectivity index is 1.26.